The number of amides is 1. The van der Waals surface area contributed by atoms with Crippen molar-refractivity contribution in [3.8, 4) is 5.69 Å². The van der Waals surface area contributed by atoms with Gasteiger partial charge in [-0.25, -0.2) is 9.36 Å². The molecule has 1 N–H and O–H groups in total. The molecule has 0 atom stereocenters. The number of hydrogen-bond donors (Lipinski definition) is 1. The number of fused-ring (bicyclic) bond motifs is 1. The molecule has 0 saturated heterocycles. The van der Waals surface area contributed by atoms with Crippen molar-refractivity contribution in [1.29, 1.82) is 0 Å². The number of aryl methyl sites for hydroxylation is 1. The highest BCUT2D eigenvalue weighted by atomic mass is 16.2. The second-order valence-corrected chi connectivity index (χ2v) is 7.64. The summed E-state index contributed by atoms with van der Waals surface area (Å²) in [6.45, 7) is 2.67. The number of hydrogen-bond acceptors (Lipinski definition) is 3. The Balaban J connectivity index is 1.44. The molecule has 1 aliphatic carbocycles. The van der Waals surface area contributed by atoms with Crippen molar-refractivity contribution in [2.75, 3.05) is 5.32 Å². The molecular formula is C24H23N5O. The van der Waals surface area contributed by atoms with Gasteiger partial charge in [-0.1, -0.05) is 48.5 Å². The molecule has 0 saturated carbocycles. The zero-order chi connectivity index (χ0) is 20.5. The van der Waals surface area contributed by atoms with E-state index in [9.17, 15) is 4.79 Å². The van der Waals surface area contributed by atoms with Gasteiger partial charge in [0.05, 0.1) is 18.4 Å². The summed E-state index contributed by atoms with van der Waals surface area (Å²) in [6, 6.07) is 20.0. The summed E-state index contributed by atoms with van der Waals surface area (Å²) in [5, 5.41) is 12.1. The minimum absolute atomic E-state index is 0.185. The molecule has 2 aromatic heterocycles. The van der Waals surface area contributed by atoms with Gasteiger partial charge in [-0.3, -0.25) is 4.79 Å². The lowest BCUT2D eigenvalue weighted by Crippen LogP contribution is -2.18. The lowest BCUT2D eigenvalue weighted by Gasteiger charge is -2.09. The topological polar surface area (TPSA) is 64.7 Å². The first-order chi connectivity index (χ1) is 14.7. The minimum atomic E-state index is -0.185. The molecule has 1 amide bonds. The highest BCUT2D eigenvalue weighted by molar-refractivity contribution is 6.03. The molecule has 0 fully saturated rings. The van der Waals surface area contributed by atoms with E-state index in [4.69, 9.17) is 5.10 Å². The summed E-state index contributed by atoms with van der Waals surface area (Å²) in [5.74, 6) is 0.483. The summed E-state index contributed by atoms with van der Waals surface area (Å²) in [4.78, 5) is 13.2. The second kappa shape index (κ2) is 7.63. The van der Waals surface area contributed by atoms with Gasteiger partial charge in [0.25, 0.3) is 5.91 Å². The van der Waals surface area contributed by atoms with Gasteiger partial charge < -0.3 is 5.32 Å². The zero-order valence-corrected chi connectivity index (χ0v) is 16.9. The smallest absolute Gasteiger partial charge is 0.277 e. The Labute approximate surface area is 175 Å². The van der Waals surface area contributed by atoms with Gasteiger partial charge in [-0.2, -0.15) is 10.2 Å². The molecular weight excluding hydrogens is 374 g/mol. The predicted octanol–water partition coefficient (Wildman–Crippen LogP) is 4.17. The van der Waals surface area contributed by atoms with Gasteiger partial charge in [0.15, 0.2) is 5.69 Å². The van der Waals surface area contributed by atoms with Crippen molar-refractivity contribution in [3.05, 3.63) is 94.9 Å². The van der Waals surface area contributed by atoms with Crippen LogP contribution < -0.4 is 5.32 Å². The number of anilines is 1. The van der Waals surface area contributed by atoms with Crippen LogP contribution in [-0.2, 0) is 19.4 Å². The molecule has 0 spiro atoms. The van der Waals surface area contributed by atoms with E-state index in [0.29, 0.717) is 18.1 Å². The van der Waals surface area contributed by atoms with E-state index in [-0.39, 0.29) is 5.91 Å². The van der Waals surface area contributed by atoms with E-state index in [1.807, 2.05) is 53.2 Å². The highest BCUT2D eigenvalue weighted by Gasteiger charge is 2.27. The number of carbonyl (C=O) groups excluding carboxylic acids is 1. The average molecular weight is 397 g/mol. The second-order valence-electron chi connectivity index (χ2n) is 7.64. The molecule has 6 heteroatoms. The molecule has 0 radical (unpaired) electrons. The Morgan fingerprint density at radius 2 is 1.83 bits per heavy atom. The van der Waals surface area contributed by atoms with Crippen LogP contribution in [0.5, 0.6) is 0 Å². The first kappa shape index (κ1) is 18.4. The number of rotatable bonds is 5. The molecule has 0 bridgehead atoms. The number of aromatic nitrogens is 4. The quantitative estimate of drug-likeness (QED) is 0.550. The van der Waals surface area contributed by atoms with E-state index in [1.54, 1.807) is 10.9 Å². The van der Waals surface area contributed by atoms with Gasteiger partial charge in [0, 0.05) is 17.3 Å². The Morgan fingerprint density at radius 3 is 2.67 bits per heavy atom. The zero-order valence-electron chi connectivity index (χ0n) is 16.9. The first-order valence-corrected chi connectivity index (χ1v) is 10.2. The first-order valence-electron chi connectivity index (χ1n) is 10.2. The van der Waals surface area contributed by atoms with E-state index >= 15 is 0 Å². The van der Waals surface area contributed by atoms with Crippen LogP contribution in [0.4, 0.5) is 5.82 Å². The summed E-state index contributed by atoms with van der Waals surface area (Å²) in [5.41, 5.74) is 6.02. The molecule has 150 valence electrons. The lowest BCUT2D eigenvalue weighted by molar-refractivity contribution is 0.102. The molecule has 5 rings (SSSR count). The third kappa shape index (κ3) is 3.30. The van der Waals surface area contributed by atoms with Crippen LogP contribution in [0.1, 0.15) is 39.3 Å². The van der Waals surface area contributed by atoms with Crippen molar-refractivity contribution in [3.63, 3.8) is 0 Å². The largest absolute Gasteiger partial charge is 0.305 e. The number of nitrogens with zero attached hydrogens (tertiary/aromatic N) is 4. The van der Waals surface area contributed by atoms with Crippen LogP contribution in [0.2, 0.25) is 0 Å². The van der Waals surface area contributed by atoms with Gasteiger partial charge in [-0.15, -0.1) is 0 Å². The lowest BCUT2D eigenvalue weighted by atomic mass is 10.2. The maximum Gasteiger partial charge on any atom is 0.277 e. The number of nitrogens with one attached hydrogen (secondary N) is 1. The number of carbonyl (C=O) groups is 1. The maximum absolute atomic E-state index is 13.2. The fourth-order valence-corrected chi connectivity index (χ4v) is 4.12. The van der Waals surface area contributed by atoms with Crippen LogP contribution in [0.25, 0.3) is 5.69 Å². The number of para-hydroxylation sites is 1. The van der Waals surface area contributed by atoms with Crippen LogP contribution in [0, 0.1) is 6.92 Å². The molecule has 1 aliphatic rings. The molecule has 2 aromatic carbocycles. The Morgan fingerprint density at radius 1 is 1.03 bits per heavy atom. The molecule has 4 aromatic rings. The Bertz CT molecular complexity index is 1210. The Hall–Kier alpha value is -3.67. The van der Waals surface area contributed by atoms with Gasteiger partial charge in [0.1, 0.15) is 5.82 Å². The Kier molecular flexibility index (Phi) is 4.67. The molecule has 30 heavy (non-hydrogen) atoms. The van der Waals surface area contributed by atoms with Crippen molar-refractivity contribution in [2.45, 2.75) is 32.7 Å². The maximum atomic E-state index is 13.2. The van der Waals surface area contributed by atoms with Crippen LogP contribution in [0.15, 0.2) is 66.9 Å². The standard InChI is InChI=1S/C24H23N5O/c1-17-8-5-6-12-20(17)29-21-13-7-11-19(21)23(27-29)24(30)26-22-14-15-25-28(22)16-18-9-3-2-4-10-18/h2-6,8-10,12,14-15H,7,11,13,16H2,1H3,(H,26,30). The summed E-state index contributed by atoms with van der Waals surface area (Å²) < 4.78 is 3.75. The third-order valence-electron chi connectivity index (χ3n) is 5.62. The van der Waals surface area contributed by atoms with E-state index in [0.717, 1.165) is 47.3 Å². The summed E-state index contributed by atoms with van der Waals surface area (Å²) in [6.07, 6.45) is 4.57. The van der Waals surface area contributed by atoms with Gasteiger partial charge in [-0.05, 0) is 43.4 Å². The minimum Gasteiger partial charge on any atom is -0.305 e. The molecule has 6 nitrogen and oxygen atoms in total. The highest BCUT2D eigenvalue weighted by Crippen LogP contribution is 2.29. The van der Waals surface area contributed by atoms with Crippen molar-refractivity contribution in [2.24, 2.45) is 0 Å². The normalized spacial score (nSPS) is 12.7. The number of benzene rings is 2. The molecule has 0 aliphatic heterocycles. The van der Waals surface area contributed by atoms with Crippen molar-refractivity contribution in [1.82, 2.24) is 19.6 Å². The summed E-state index contributed by atoms with van der Waals surface area (Å²) >= 11 is 0. The predicted molar refractivity (Wildman–Crippen MR) is 116 cm³/mol. The van der Waals surface area contributed by atoms with Gasteiger partial charge in [0.2, 0.25) is 0 Å². The molecule has 0 unspecified atom stereocenters. The fourth-order valence-electron chi connectivity index (χ4n) is 4.12. The van der Waals surface area contributed by atoms with Crippen LogP contribution in [-0.4, -0.2) is 25.5 Å². The van der Waals surface area contributed by atoms with Crippen molar-refractivity contribution >= 4 is 11.7 Å². The van der Waals surface area contributed by atoms with Crippen LogP contribution in [0.3, 0.4) is 0 Å². The van der Waals surface area contributed by atoms with E-state index in [1.165, 1.54) is 0 Å². The van der Waals surface area contributed by atoms with Gasteiger partial charge >= 0.3 is 0 Å². The SMILES string of the molecule is Cc1ccccc1-n1nc(C(=O)Nc2ccnn2Cc2ccccc2)c2c1CCC2. The molecule has 2 heterocycles. The van der Waals surface area contributed by atoms with E-state index < -0.39 is 0 Å². The van der Waals surface area contributed by atoms with Crippen molar-refractivity contribution < 1.29 is 4.79 Å². The third-order valence-corrected chi connectivity index (χ3v) is 5.62. The van der Waals surface area contributed by atoms with E-state index in [2.05, 4.69) is 29.5 Å². The average Bonchev–Trinajstić information content (AvgIpc) is 3.47. The summed E-state index contributed by atoms with van der Waals surface area (Å²) in [7, 11) is 0. The monoisotopic (exact) mass is 397 g/mol. The fraction of sp³-hybridized carbons (Fsp3) is 0.208. The van der Waals surface area contributed by atoms with Crippen LogP contribution >= 0.6 is 0 Å².